The maximum absolute atomic E-state index is 5.51. The third-order valence-corrected chi connectivity index (χ3v) is 3.49. The Bertz CT molecular complexity index is 473. The lowest BCUT2D eigenvalue weighted by atomic mass is 10.3. The Kier molecular flexibility index (Phi) is 5.87. The largest absolute Gasteiger partial charge is 0.379 e. The molecule has 0 radical (unpaired) electrons. The van der Waals surface area contributed by atoms with E-state index in [1.165, 1.54) is 28.6 Å². The predicted molar refractivity (Wildman–Crippen MR) is 79.1 cm³/mol. The van der Waals surface area contributed by atoms with Gasteiger partial charge in [0, 0.05) is 24.9 Å². The van der Waals surface area contributed by atoms with Crippen molar-refractivity contribution in [3.05, 3.63) is 24.3 Å². The molecule has 0 aliphatic rings. The third kappa shape index (κ3) is 4.05. The zero-order valence-electron chi connectivity index (χ0n) is 10.9. The number of hydrogen-bond acceptors (Lipinski definition) is 7. The topological polar surface area (TPSA) is 43.8 Å². The fourth-order valence-corrected chi connectivity index (χ4v) is 2.60. The molecule has 0 aliphatic heterocycles. The molecule has 0 saturated heterocycles. The van der Waals surface area contributed by atoms with Crippen LogP contribution in [0.15, 0.2) is 24.3 Å². The van der Waals surface area contributed by atoms with Gasteiger partial charge in [0.05, 0.1) is 16.8 Å². The first-order chi connectivity index (χ1) is 9.35. The molecule has 1 aromatic heterocycles. The number of anilines is 1. The number of para-hydroxylation sites is 1. The molecule has 5 nitrogen and oxygen atoms in total. The number of benzene rings is 1. The highest BCUT2D eigenvalue weighted by atomic mass is 32.2. The molecule has 0 fully saturated rings. The monoisotopic (exact) mass is 300 g/mol. The lowest BCUT2D eigenvalue weighted by Gasteiger charge is -2.17. The zero-order chi connectivity index (χ0) is 13.5. The van der Waals surface area contributed by atoms with Crippen LogP contribution < -0.4 is 5.23 Å². The van der Waals surface area contributed by atoms with Crippen molar-refractivity contribution in [3.63, 3.8) is 0 Å². The van der Waals surface area contributed by atoms with E-state index in [1.54, 1.807) is 0 Å². The minimum atomic E-state index is 0.421. The number of nitrogens with zero attached hydrogens (tertiary/aromatic N) is 2. The highest BCUT2D eigenvalue weighted by Gasteiger charge is 2.14. The van der Waals surface area contributed by atoms with Crippen LogP contribution in [-0.4, -0.2) is 31.1 Å². The van der Waals surface area contributed by atoms with Gasteiger partial charge in [-0.25, -0.2) is 9.82 Å². The molecule has 19 heavy (non-hydrogen) atoms. The van der Waals surface area contributed by atoms with Crippen LogP contribution >= 0.6 is 23.4 Å². The molecule has 1 heterocycles. The van der Waals surface area contributed by atoms with Gasteiger partial charge in [-0.15, -0.1) is 0 Å². The number of aromatic nitrogens is 1. The first-order valence-corrected chi connectivity index (χ1v) is 7.89. The van der Waals surface area contributed by atoms with Gasteiger partial charge in [0.2, 0.25) is 5.13 Å². The number of thiazole rings is 1. The summed E-state index contributed by atoms with van der Waals surface area (Å²) >= 11 is 2.72. The molecule has 0 unspecified atom stereocenters. The van der Waals surface area contributed by atoms with Crippen LogP contribution in [0.5, 0.6) is 0 Å². The van der Waals surface area contributed by atoms with E-state index in [1.807, 2.05) is 37.4 Å². The van der Waals surface area contributed by atoms with Crippen LogP contribution in [-0.2, 0) is 13.9 Å². The van der Waals surface area contributed by atoms with Crippen LogP contribution in [0.3, 0.4) is 0 Å². The average Bonchev–Trinajstić information content (AvgIpc) is 2.86. The normalized spacial score (nSPS) is 11.1. The molecule has 0 spiro atoms. The second-order valence-corrected chi connectivity index (χ2v) is 4.98. The smallest absolute Gasteiger partial charge is 0.241 e. The fraction of sp³-hybridized carbons (Fsp3) is 0.417. The molecular weight excluding hydrogens is 284 g/mol. The van der Waals surface area contributed by atoms with E-state index in [2.05, 4.69) is 4.98 Å². The SMILES string of the molecule is CCOCCON(OSC)c1nc2ccccc2s1. The Morgan fingerprint density at radius 2 is 2.16 bits per heavy atom. The van der Waals surface area contributed by atoms with Gasteiger partial charge in [-0.3, -0.25) is 0 Å². The van der Waals surface area contributed by atoms with Crippen molar-refractivity contribution in [1.29, 1.82) is 0 Å². The van der Waals surface area contributed by atoms with E-state index in [0.717, 1.165) is 10.2 Å². The van der Waals surface area contributed by atoms with Gasteiger partial charge in [-0.2, -0.15) is 4.28 Å². The van der Waals surface area contributed by atoms with E-state index >= 15 is 0 Å². The summed E-state index contributed by atoms with van der Waals surface area (Å²) in [6, 6.07) is 7.93. The summed E-state index contributed by atoms with van der Waals surface area (Å²) in [6.45, 7) is 3.57. The zero-order valence-corrected chi connectivity index (χ0v) is 12.5. The summed E-state index contributed by atoms with van der Waals surface area (Å²) in [4.78, 5) is 9.98. The van der Waals surface area contributed by atoms with Crippen molar-refractivity contribution in [1.82, 2.24) is 4.98 Å². The summed E-state index contributed by atoms with van der Waals surface area (Å²) in [5, 5.41) is 2.01. The molecule has 0 bridgehead atoms. The lowest BCUT2D eigenvalue weighted by molar-refractivity contribution is -0.0364. The number of hydrogen-bond donors (Lipinski definition) is 0. The quantitative estimate of drug-likeness (QED) is 0.423. The van der Waals surface area contributed by atoms with Crippen molar-refractivity contribution in [2.45, 2.75) is 6.92 Å². The van der Waals surface area contributed by atoms with Crippen molar-refractivity contribution < 1.29 is 13.9 Å². The van der Waals surface area contributed by atoms with E-state index in [-0.39, 0.29) is 0 Å². The Morgan fingerprint density at radius 3 is 2.89 bits per heavy atom. The molecule has 0 aliphatic carbocycles. The van der Waals surface area contributed by atoms with Crippen molar-refractivity contribution in [2.24, 2.45) is 0 Å². The van der Waals surface area contributed by atoms with Gasteiger partial charge in [-0.05, 0) is 19.1 Å². The van der Waals surface area contributed by atoms with Crippen molar-refractivity contribution in [2.75, 3.05) is 31.3 Å². The molecule has 0 atom stereocenters. The maximum Gasteiger partial charge on any atom is 0.241 e. The first kappa shape index (κ1) is 14.5. The van der Waals surface area contributed by atoms with Gasteiger partial charge in [0.1, 0.15) is 6.61 Å². The number of fused-ring (bicyclic) bond motifs is 1. The van der Waals surface area contributed by atoms with Crippen molar-refractivity contribution >= 4 is 38.7 Å². The molecule has 0 N–H and O–H groups in total. The van der Waals surface area contributed by atoms with Gasteiger partial charge in [0.25, 0.3) is 0 Å². The Labute approximate surface area is 120 Å². The van der Waals surface area contributed by atoms with E-state index in [4.69, 9.17) is 13.9 Å². The highest BCUT2D eigenvalue weighted by molar-refractivity contribution is 7.93. The Hall–Kier alpha value is -0.860. The summed E-state index contributed by atoms with van der Waals surface area (Å²) in [7, 11) is 0. The van der Waals surface area contributed by atoms with Crippen LogP contribution in [0.2, 0.25) is 0 Å². The van der Waals surface area contributed by atoms with Gasteiger partial charge >= 0.3 is 0 Å². The number of ether oxygens (including phenoxy) is 1. The minimum absolute atomic E-state index is 0.421. The Balaban J connectivity index is 2.04. The van der Waals surface area contributed by atoms with Gasteiger partial charge < -0.3 is 4.74 Å². The summed E-state index contributed by atoms with van der Waals surface area (Å²) < 4.78 is 11.7. The third-order valence-electron chi connectivity index (χ3n) is 2.22. The van der Waals surface area contributed by atoms with E-state index in [9.17, 15) is 0 Å². The van der Waals surface area contributed by atoms with Gasteiger partial charge in [0.15, 0.2) is 0 Å². The van der Waals surface area contributed by atoms with Gasteiger partial charge in [-0.1, -0.05) is 28.7 Å². The fourth-order valence-electron chi connectivity index (χ4n) is 1.44. The molecule has 2 aromatic rings. The average molecular weight is 300 g/mol. The lowest BCUT2D eigenvalue weighted by Crippen LogP contribution is -2.23. The van der Waals surface area contributed by atoms with Crippen LogP contribution in [0.25, 0.3) is 10.2 Å². The van der Waals surface area contributed by atoms with Crippen molar-refractivity contribution in [3.8, 4) is 0 Å². The summed E-state index contributed by atoms with van der Waals surface area (Å²) in [6.07, 6.45) is 1.83. The molecule has 2 rings (SSSR count). The molecule has 104 valence electrons. The van der Waals surface area contributed by atoms with E-state index in [0.29, 0.717) is 25.0 Å². The highest BCUT2D eigenvalue weighted by Crippen LogP contribution is 2.29. The summed E-state index contributed by atoms with van der Waals surface area (Å²) in [5.41, 5.74) is 0.936. The molecule has 0 amide bonds. The molecule has 7 heteroatoms. The van der Waals surface area contributed by atoms with E-state index < -0.39 is 0 Å². The number of rotatable bonds is 8. The molecular formula is C12H16N2O3S2. The predicted octanol–water partition coefficient (Wildman–Crippen LogP) is 3.28. The molecule has 0 saturated carbocycles. The standard InChI is InChI=1S/C12H16N2O3S2/c1-3-15-8-9-16-14(17-18-2)12-13-10-6-4-5-7-11(10)19-12/h4-7H,3,8-9H2,1-2H3. The van der Waals surface area contributed by atoms with Crippen LogP contribution in [0.1, 0.15) is 6.92 Å². The molecule has 1 aromatic carbocycles. The second-order valence-electron chi connectivity index (χ2n) is 3.49. The van der Waals surface area contributed by atoms with Crippen LogP contribution in [0.4, 0.5) is 5.13 Å². The maximum atomic E-state index is 5.51. The second kappa shape index (κ2) is 7.66. The first-order valence-electron chi connectivity index (χ1n) is 5.92. The Morgan fingerprint density at radius 1 is 1.32 bits per heavy atom. The van der Waals surface area contributed by atoms with Crippen LogP contribution in [0, 0.1) is 0 Å². The summed E-state index contributed by atoms with van der Waals surface area (Å²) in [5.74, 6) is 0. The minimum Gasteiger partial charge on any atom is -0.379 e.